The third-order valence-electron chi connectivity index (χ3n) is 2.26. The lowest BCUT2D eigenvalue weighted by atomic mass is 10.1. The number of carbonyl (C=O) groups excluding carboxylic acids is 1. The number of amides is 1. The summed E-state index contributed by atoms with van der Waals surface area (Å²) in [5, 5.41) is 11.5. The van der Waals surface area contributed by atoms with Crippen molar-refractivity contribution in [1.82, 2.24) is 5.32 Å². The van der Waals surface area contributed by atoms with E-state index in [1.807, 2.05) is 19.9 Å². The standard InChI is InChI=1S/C13H16N2O2/c1-3-17-10(2)9-15-13(16)12-6-4-5-11(7-12)8-14/h4-7,10H,3,9H2,1-2H3,(H,15,16). The van der Waals surface area contributed by atoms with Gasteiger partial charge in [0, 0.05) is 18.7 Å². The molecule has 0 bridgehead atoms. The molecule has 17 heavy (non-hydrogen) atoms. The highest BCUT2D eigenvalue weighted by molar-refractivity contribution is 5.94. The minimum absolute atomic E-state index is 0.0110. The molecule has 1 unspecified atom stereocenters. The molecule has 0 saturated heterocycles. The van der Waals surface area contributed by atoms with Crippen LogP contribution in [0.5, 0.6) is 0 Å². The van der Waals surface area contributed by atoms with Crippen molar-refractivity contribution in [2.75, 3.05) is 13.2 Å². The van der Waals surface area contributed by atoms with Crippen LogP contribution in [0.25, 0.3) is 0 Å². The highest BCUT2D eigenvalue weighted by atomic mass is 16.5. The van der Waals surface area contributed by atoms with Crippen molar-refractivity contribution in [2.45, 2.75) is 20.0 Å². The van der Waals surface area contributed by atoms with E-state index in [0.29, 0.717) is 24.3 Å². The van der Waals surface area contributed by atoms with E-state index in [0.717, 1.165) is 0 Å². The van der Waals surface area contributed by atoms with Gasteiger partial charge >= 0.3 is 0 Å². The molecule has 4 heteroatoms. The average molecular weight is 232 g/mol. The molecule has 4 nitrogen and oxygen atoms in total. The third kappa shape index (κ3) is 4.25. The van der Waals surface area contributed by atoms with E-state index in [2.05, 4.69) is 5.32 Å². The fourth-order valence-electron chi connectivity index (χ4n) is 1.41. The molecule has 0 fully saturated rings. The first-order valence-electron chi connectivity index (χ1n) is 5.57. The van der Waals surface area contributed by atoms with Gasteiger partial charge in [0.2, 0.25) is 0 Å². The Balaban J connectivity index is 2.55. The minimum atomic E-state index is -0.186. The molecule has 1 aromatic carbocycles. The van der Waals surface area contributed by atoms with E-state index < -0.39 is 0 Å². The predicted octanol–water partition coefficient (Wildman–Crippen LogP) is 1.71. The molecule has 0 aliphatic carbocycles. The quantitative estimate of drug-likeness (QED) is 0.840. The summed E-state index contributed by atoms with van der Waals surface area (Å²) in [4.78, 5) is 11.7. The Kier molecular flexibility index (Phi) is 5.18. The predicted molar refractivity (Wildman–Crippen MR) is 64.6 cm³/mol. The zero-order valence-electron chi connectivity index (χ0n) is 10.1. The fourth-order valence-corrected chi connectivity index (χ4v) is 1.41. The van der Waals surface area contributed by atoms with E-state index in [4.69, 9.17) is 10.00 Å². The summed E-state index contributed by atoms with van der Waals surface area (Å²) in [5.41, 5.74) is 0.975. The van der Waals surface area contributed by atoms with Crippen molar-refractivity contribution in [3.63, 3.8) is 0 Å². The molecule has 0 saturated carbocycles. The number of hydrogen-bond donors (Lipinski definition) is 1. The number of ether oxygens (including phenoxy) is 1. The van der Waals surface area contributed by atoms with E-state index in [-0.39, 0.29) is 12.0 Å². The number of benzene rings is 1. The molecule has 1 amide bonds. The van der Waals surface area contributed by atoms with Crippen LogP contribution >= 0.6 is 0 Å². The smallest absolute Gasteiger partial charge is 0.251 e. The van der Waals surface area contributed by atoms with E-state index >= 15 is 0 Å². The minimum Gasteiger partial charge on any atom is -0.377 e. The van der Waals surface area contributed by atoms with Crippen LogP contribution in [0.2, 0.25) is 0 Å². The van der Waals surface area contributed by atoms with Crippen LogP contribution in [0.1, 0.15) is 29.8 Å². The maximum atomic E-state index is 11.7. The highest BCUT2D eigenvalue weighted by Gasteiger charge is 2.08. The van der Waals surface area contributed by atoms with Crippen LogP contribution in [0, 0.1) is 11.3 Å². The zero-order chi connectivity index (χ0) is 12.7. The SMILES string of the molecule is CCOC(C)CNC(=O)c1cccc(C#N)c1. The first-order chi connectivity index (χ1) is 8.17. The van der Waals surface area contributed by atoms with Crippen molar-refractivity contribution in [3.05, 3.63) is 35.4 Å². The molecule has 0 aliphatic rings. The maximum Gasteiger partial charge on any atom is 0.251 e. The zero-order valence-corrected chi connectivity index (χ0v) is 10.1. The molecule has 1 rings (SSSR count). The number of nitriles is 1. The van der Waals surface area contributed by atoms with Gasteiger partial charge in [0.25, 0.3) is 5.91 Å². The number of carbonyl (C=O) groups is 1. The number of rotatable bonds is 5. The Morgan fingerprint density at radius 2 is 2.35 bits per heavy atom. The normalized spacial score (nSPS) is 11.6. The molecule has 0 aromatic heterocycles. The van der Waals surface area contributed by atoms with Crippen molar-refractivity contribution < 1.29 is 9.53 Å². The van der Waals surface area contributed by atoms with Gasteiger partial charge in [-0.05, 0) is 32.0 Å². The summed E-state index contributed by atoms with van der Waals surface area (Å²) in [6, 6.07) is 8.62. The van der Waals surface area contributed by atoms with Gasteiger partial charge < -0.3 is 10.1 Å². The van der Waals surface area contributed by atoms with Gasteiger partial charge in [0.15, 0.2) is 0 Å². The van der Waals surface area contributed by atoms with Gasteiger partial charge in [-0.1, -0.05) is 6.07 Å². The first-order valence-corrected chi connectivity index (χ1v) is 5.57. The van der Waals surface area contributed by atoms with Crippen LogP contribution in [0.3, 0.4) is 0 Å². The molecule has 0 aliphatic heterocycles. The second-order valence-corrected chi connectivity index (χ2v) is 3.67. The summed E-state index contributed by atoms with van der Waals surface area (Å²) < 4.78 is 5.31. The molecule has 1 aromatic rings. The van der Waals surface area contributed by atoms with E-state index in [1.165, 1.54) is 0 Å². The van der Waals surface area contributed by atoms with Crippen molar-refractivity contribution in [1.29, 1.82) is 5.26 Å². The van der Waals surface area contributed by atoms with Gasteiger partial charge in [0.05, 0.1) is 17.7 Å². The number of hydrogen-bond acceptors (Lipinski definition) is 3. The molecule has 0 spiro atoms. The second-order valence-electron chi connectivity index (χ2n) is 3.67. The molecular weight excluding hydrogens is 216 g/mol. The Bertz CT molecular complexity index is 424. The van der Waals surface area contributed by atoms with Crippen molar-refractivity contribution in [3.8, 4) is 6.07 Å². The Morgan fingerprint density at radius 1 is 1.59 bits per heavy atom. The number of nitrogens with zero attached hydrogens (tertiary/aromatic N) is 1. The summed E-state index contributed by atoms with van der Waals surface area (Å²) >= 11 is 0. The van der Waals surface area contributed by atoms with Crippen molar-refractivity contribution >= 4 is 5.91 Å². The van der Waals surface area contributed by atoms with E-state index in [9.17, 15) is 4.79 Å². The van der Waals surface area contributed by atoms with Gasteiger partial charge in [-0.2, -0.15) is 5.26 Å². The Morgan fingerprint density at radius 3 is 3.00 bits per heavy atom. The molecule has 1 atom stereocenters. The maximum absolute atomic E-state index is 11.7. The Labute approximate surface area is 101 Å². The van der Waals surface area contributed by atoms with Crippen LogP contribution in [0.4, 0.5) is 0 Å². The highest BCUT2D eigenvalue weighted by Crippen LogP contribution is 2.04. The largest absolute Gasteiger partial charge is 0.377 e. The summed E-state index contributed by atoms with van der Waals surface area (Å²) in [6.07, 6.45) is -0.0110. The lowest BCUT2D eigenvalue weighted by Gasteiger charge is -2.12. The molecule has 0 radical (unpaired) electrons. The van der Waals surface area contributed by atoms with Gasteiger partial charge in [-0.15, -0.1) is 0 Å². The summed E-state index contributed by atoms with van der Waals surface area (Å²) in [6.45, 7) is 4.90. The monoisotopic (exact) mass is 232 g/mol. The molecule has 1 N–H and O–H groups in total. The van der Waals surface area contributed by atoms with Gasteiger partial charge in [-0.25, -0.2) is 0 Å². The Hall–Kier alpha value is -1.86. The van der Waals surface area contributed by atoms with Crippen LogP contribution < -0.4 is 5.32 Å². The van der Waals surface area contributed by atoms with Crippen LogP contribution in [0.15, 0.2) is 24.3 Å². The fraction of sp³-hybridized carbons (Fsp3) is 0.385. The molecule has 90 valence electrons. The van der Waals surface area contributed by atoms with Crippen LogP contribution in [-0.2, 0) is 4.74 Å². The first kappa shape index (κ1) is 13.2. The molecule has 0 heterocycles. The van der Waals surface area contributed by atoms with Crippen LogP contribution in [-0.4, -0.2) is 25.2 Å². The lowest BCUT2D eigenvalue weighted by Crippen LogP contribution is -2.32. The number of nitrogens with one attached hydrogen (secondary N) is 1. The topological polar surface area (TPSA) is 62.1 Å². The third-order valence-corrected chi connectivity index (χ3v) is 2.26. The lowest BCUT2D eigenvalue weighted by molar-refractivity contribution is 0.0695. The average Bonchev–Trinajstić information content (AvgIpc) is 2.36. The molecular formula is C13H16N2O2. The van der Waals surface area contributed by atoms with Crippen molar-refractivity contribution in [2.24, 2.45) is 0 Å². The van der Waals surface area contributed by atoms with Gasteiger partial charge in [0.1, 0.15) is 0 Å². The van der Waals surface area contributed by atoms with E-state index in [1.54, 1.807) is 24.3 Å². The van der Waals surface area contributed by atoms with Gasteiger partial charge in [-0.3, -0.25) is 4.79 Å². The second kappa shape index (κ2) is 6.66. The summed E-state index contributed by atoms with van der Waals surface area (Å²) in [5.74, 6) is -0.186. The summed E-state index contributed by atoms with van der Waals surface area (Å²) in [7, 11) is 0.